The predicted octanol–water partition coefficient (Wildman–Crippen LogP) is 0.726. The van der Waals surface area contributed by atoms with Gasteiger partial charge in [-0.1, -0.05) is 0 Å². The third kappa shape index (κ3) is 3.17. The average Bonchev–Trinajstić information content (AvgIpc) is 2.76. The summed E-state index contributed by atoms with van der Waals surface area (Å²) in [7, 11) is 6.21. The Balaban J connectivity index is 1.93. The molecule has 1 atom stereocenters. The first-order valence-electron chi connectivity index (χ1n) is 6.57. The Morgan fingerprint density at radius 1 is 1.44 bits per heavy atom. The summed E-state index contributed by atoms with van der Waals surface area (Å²) in [6.07, 6.45) is 6.30. The van der Waals surface area contributed by atoms with Crippen LogP contribution < -0.4 is 10.2 Å². The number of rotatable bonds is 5. The SMILES string of the molecule is CNCc1cnc(N(C)CC2CCCN2C)cn1. The third-order valence-corrected chi connectivity index (χ3v) is 3.60. The molecule has 0 bridgehead atoms. The first kappa shape index (κ1) is 13.2. The van der Waals surface area contributed by atoms with Crippen LogP contribution in [-0.2, 0) is 6.54 Å². The molecule has 18 heavy (non-hydrogen) atoms. The molecular formula is C13H23N5. The van der Waals surface area contributed by atoms with Crippen molar-refractivity contribution < 1.29 is 0 Å². The number of hydrogen-bond donors (Lipinski definition) is 1. The quantitative estimate of drug-likeness (QED) is 0.833. The Labute approximate surface area is 109 Å². The van der Waals surface area contributed by atoms with Crippen LogP contribution in [0.5, 0.6) is 0 Å². The maximum Gasteiger partial charge on any atom is 0.146 e. The molecule has 1 saturated heterocycles. The monoisotopic (exact) mass is 249 g/mol. The van der Waals surface area contributed by atoms with E-state index >= 15 is 0 Å². The fourth-order valence-corrected chi connectivity index (χ4v) is 2.44. The van der Waals surface area contributed by atoms with Gasteiger partial charge in [-0.05, 0) is 33.5 Å². The summed E-state index contributed by atoms with van der Waals surface area (Å²) in [6.45, 7) is 3.00. The van der Waals surface area contributed by atoms with Crippen molar-refractivity contribution in [2.45, 2.75) is 25.4 Å². The molecule has 1 N–H and O–H groups in total. The summed E-state index contributed by atoms with van der Waals surface area (Å²) < 4.78 is 0. The highest BCUT2D eigenvalue weighted by Gasteiger charge is 2.22. The molecule has 0 aliphatic carbocycles. The Kier molecular flexibility index (Phi) is 4.49. The molecule has 0 amide bonds. The summed E-state index contributed by atoms with van der Waals surface area (Å²) in [4.78, 5) is 13.5. The highest BCUT2D eigenvalue weighted by Crippen LogP contribution is 2.17. The lowest BCUT2D eigenvalue weighted by Crippen LogP contribution is -2.37. The van der Waals surface area contributed by atoms with E-state index in [-0.39, 0.29) is 0 Å². The molecule has 1 aliphatic heterocycles. The molecule has 5 nitrogen and oxygen atoms in total. The number of nitrogens with one attached hydrogen (secondary N) is 1. The molecule has 2 rings (SSSR count). The van der Waals surface area contributed by atoms with Crippen LogP contribution in [0.25, 0.3) is 0 Å². The van der Waals surface area contributed by atoms with E-state index in [1.807, 2.05) is 19.4 Å². The van der Waals surface area contributed by atoms with Crippen LogP contribution in [0.3, 0.4) is 0 Å². The lowest BCUT2D eigenvalue weighted by molar-refractivity contribution is 0.314. The minimum absolute atomic E-state index is 0.647. The first-order chi connectivity index (χ1) is 8.70. The molecule has 0 radical (unpaired) electrons. The zero-order chi connectivity index (χ0) is 13.0. The number of likely N-dealkylation sites (N-methyl/N-ethyl adjacent to an activating group) is 2. The van der Waals surface area contributed by atoms with E-state index in [2.05, 4.69) is 39.2 Å². The molecule has 2 heterocycles. The van der Waals surface area contributed by atoms with Gasteiger partial charge in [0.15, 0.2) is 0 Å². The van der Waals surface area contributed by atoms with E-state index in [1.165, 1.54) is 19.4 Å². The van der Waals surface area contributed by atoms with Gasteiger partial charge in [0.1, 0.15) is 5.82 Å². The summed E-state index contributed by atoms with van der Waals surface area (Å²) in [5.74, 6) is 0.954. The average molecular weight is 249 g/mol. The molecule has 1 aromatic heterocycles. The molecular weight excluding hydrogens is 226 g/mol. The van der Waals surface area contributed by atoms with Crippen molar-refractivity contribution in [2.75, 3.05) is 39.1 Å². The second kappa shape index (κ2) is 6.11. The minimum Gasteiger partial charge on any atom is -0.357 e. The lowest BCUT2D eigenvalue weighted by Gasteiger charge is -2.26. The molecule has 0 spiro atoms. The van der Waals surface area contributed by atoms with Crippen LogP contribution in [0.4, 0.5) is 5.82 Å². The van der Waals surface area contributed by atoms with E-state index in [4.69, 9.17) is 0 Å². The van der Waals surface area contributed by atoms with Gasteiger partial charge in [0.25, 0.3) is 0 Å². The summed E-state index contributed by atoms with van der Waals surface area (Å²) in [6, 6.07) is 0.647. The van der Waals surface area contributed by atoms with Crippen molar-refractivity contribution in [3.05, 3.63) is 18.1 Å². The maximum atomic E-state index is 4.47. The van der Waals surface area contributed by atoms with E-state index in [0.29, 0.717) is 6.04 Å². The van der Waals surface area contributed by atoms with Gasteiger partial charge in [0.05, 0.1) is 18.1 Å². The van der Waals surface area contributed by atoms with Crippen LogP contribution in [0, 0.1) is 0 Å². The molecule has 0 aromatic carbocycles. The van der Waals surface area contributed by atoms with Crippen LogP contribution in [0.2, 0.25) is 0 Å². The van der Waals surface area contributed by atoms with Crippen molar-refractivity contribution >= 4 is 5.82 Å². The fraction of sp³-hybridized carbons (Fsp3) is 0.692. The van der Waals surface area contributed by atoms with Gasteiger partial charge in [-0.3, -0.25) is 4.98 Å². The third-order valence-electron chi connectivity index (χ3n) is 3.60. The Hall–Kier alpha value is -1.20. The second-order valence-corrected chi connectivity index (χ2v) is 5.05. The van der Waals surface area contributed by atoms with E-state index in [9.17, 15) is 0 Å². The van der Waals surface area contributed by atoms with Crippen LogP contribution in [0.1, 0.15) is 18.5 Å². The van der Waals surface area contributed by atoms with Gasteiger partial charge < -0.3 is 15.1 Å². The van der Waals surface area contributed by atoms with Crippen molar-refractivity contribution in [3.63, 3.8) is 0 Å². The Morgan fingerprint density at radius 2 is 2.28 bits per heavy atom. The van der Waals surface area contributed by atoms with Crippen molar-refractivity contribution in [3.8, 4) is 0 Å². The number of aromatic nitrogens is 2. The van der Waals surface area contributed by atoms with Crippen molar-refractivity contribution in [2.24, 2.45) is 0 Å². The van der Waals surface area contributed by atoms with Gasteiger partial charge in [-0.15, -0.1) is 0 Å². The van der Waals surface area contributed by atoms with Gasteiger partial charge in [0, 0.05) is 26.2 Å². The van der Waals surface area contributed by atoms with E-state index < -0.39 is 0 Å². The summed E-state index contributed by atoms with van der Waals surface area (Å²) >= 11 is 0. The van der Waals surface area contributed by atoms with E-state index in [1.54, 1.807) is 0 Å². The molecule has 1 fully saturated rings. The number of hydrogen-bond acceptors (Lipinski definition) is 5. The largest absolute Gasteiger partial charge is 0.357 e. The molecule has 0 saturated carbocycles. The fourth-order valence-electron chi connectivity index (χ4n) is 2.44. The highest BCUT2D eigenvalue weighted by molar-refractivity contribution is 5.34. The van der Waals surface area contributed by atoms with Crippen LogP contribution in [-0.4, -0.2) is 55.1 Å². The normalized spacial score (nSPS) is 20.3. The summed E-state index contributed by atoms with van der Waals surface area (Å²) in [5.41, 5.74) is 0.979. The lowest BCUT2D eigenvalue weighted by atomic mass is 10.2. The molecule has 1 aliphatic rings. The number of nitrogens with zero attached hydrogens (tertiary/aromatic N) is 4. The number of likely N-dealkylation sites (tertiary alicyclic amines) is 1. The zero-order valence-corrected chi connectivity index (χ0v) is 11.6. The summed E-state index contributed by atoms with van der Waals surface area (Å²) in [5, 5.41) is 3.07. The predicted molar refractivity (Wildman–Crippen MR) is 73.7 cm³/mol. The van der Waals surface area contributed by atoms with Crippen LogP contribution in [0.15, 0.2) is 12.4 Å². The van der Waals surface area contributed by atoms with Gasteiger partial charge >= 0.3 is 0 Å². The topological polar surface area (TPSA) is 44.3 Å². The molecule has 1 aromatic rings. The molecule has 1 unspecified atom stereocenters. The van der Waals surface area contributed by atoms with Gasteiger partial charge in [-0.2, -0.15) is 0 Å². The van der Waals surface area contributed by atoms with E-state index in [0.717, 1.165) is 24.6 Å². The maximum absolute atomic E-state index is 4.47. The zero-order valence-electron chi connectivity index (χ0n) is 11.6. The molecule has 100 valence electrons. The molecule has 5 heteroatoms. The Morgan fingerprint density at radius 3 is 2.83 bits per heavy atom. The Bertz CT molecular complexity index is 364. The van der Waals surface area contributed by atoms with Gasteiger partial charge in [0.2, 0.25) is 0 Å². The minimum atomic E-state index is 0.647. The number of anilines is 1. The smallest absolute Gasteiger partial charge is 0.146 e. The highest BCUT2D eigenvalue weighted by atomic mass is 15.2. The van der Waals surface area contributed by atoms with Crippen LogP contribution >= 0.6 is 0 Å². The van der Waals surface area contributed by atoms with Crippen molar-refractivity contribution in [1.82, 2.24) is 20.2 Å². The standard InChI is InChI=1S/C13H23N5/c1-14-7-11-8-16-13(9-15-11)18(3)10-12-5-4-6-17(12)2/h8-9,12,14H,4-7,10H2,1-3H3. The van der Waals surface area contributed by atoms with Crippen molar-refractivity contribution in [1.29, 1.82) is 0 Å². The first-order valence-corrected chi connectivity index (χ1v) is 6.57. The van der Waals surface area contributed by atoms with Gasteiger partial charge in [-0.25, -0.2) is 4.98 Å². The second-order valence-electron chi connectivity index (χ2n) is 5.05.